The first-order valence-corrected chi connectivity index (χ1v) is 7.77. The van der Waals surface area contributed by atoms with Gasteiger partial charge in [-0.05, 0) is 49.8 Å². The van der Waals surface area contributed by atoms with Crippen LogP contribution in [0.4, 0.5) is 11.4 Å². The molecule has 0 bridgehead atoms. The Morgan fingerprint density at radius 1 is 1.38 bits per heavy atom. The van der Waals surface area contributed by atoms with Crippen molar-refractivity contribution in [1.82, 2.24) is 4.90 Å². The van der Waals surface area contributed by atoms with E-state index >= 15 is 0 Å². The molecule has 1 heterocycles. The van der Waals surface area contributed by atoms with Crippen molar-refractivity contribution < 1.29 is 4.79 Å². The van der Waals surface area contributed by atoms with Crippen molar-refractivity contribution in [2.75, 3.05) is 24.1 Å². The number of nitrogens with two attached hydrogens (primary N) is 1. The molecule has 3 N–H and O–H groups in total. The largest absolute Gasteiger partial charge is 0.398 e. The van der Waals surface area contributed by atoms with E-state index in [9.17, 15) is 4.79 Å². The van der Waals surface area contributed by atoms with Gasteiger partial charge in [0.25, 0.3) is 0 Å². The van der Waals surface area contributed by atoms with Crippen LogP contribution in [0.5, 0.6) is 0 Å². The van der Waals surface area contributed by atoms with Gasteiger partial charge in [-0.1, -0.05) is 19.9 Å². The van der Waals surface area contributed by atoms with Crippen LogP contribution in [0.15, 0.2) is 18.2 Å². The number of rotatable bonds is 3. The van der Waals surface area contributed by atoms with Crippen molar-refractivity contribution in [3.8, 4) is 0 Å². The van der Waals surface area contributed by atoms with Crippen LogP contribution in [0.25, 0.3) is 0 Å². The van der Waals surface area contributed by atoms with E-state index in [1.165, 1.54) is 6.42 Å². The summed E-state index contributed by atoms with van der Waals surface area (Å²) in [6, 6.07) is 6.10. The van der Waals surface area contributed by atoms with Crippen LogP contribution < -0.4 is 11.1 Å². The maximum atomic E-state index is 12.2. The molecule has 1 fully saturated rings. The topological polar surface area (TPSA) is 58.4 Å². The molecule has 2 rings (SSSR count). The molecular weight excluding hydrogens is 262 g/mol. The smallest absolute Gasteiger partial charge is 0.238 e. The van der Waals surface area contributed by atoms with Gasteiger partial charge in [0.2, 0.25) is 5.91 Å². The number of aryl methyl sites for hydroxylation is 1. The second-order valence-electron chi connectivity index (χ2n) is 6.61. The summed E-state index contributed by atoms with van der Waals surface area (Å²) in [5, 5.41) is 2.95. The molecule has 0 spiro atoms. The number of benzene rings is 1. The number of hydrogen-bond acceptors (Lipinski definition) is 3. The molecule has 116 valence electrons. The highest BCUT2D eigenvalue weighted by Gasteiger charge is 2.29. The number of likely N-dealkylation sites (tertiary alicyclic amines) is 1. The van der Waals surface area contributed by atoms with Crippen molar-refractivity contribution in [1.29, 1.82) is 0 Å². The monoisotopic (exact) mass is 289 g/mol. The lowest BCUT2D eigenvalue weighted by Gasteiger charge is -2.40. The zero-order chi connectivity index (χ0) is 15.6. The maximum absolute atomic E-state index is 12.2. The fourth-order valence-electron chi connectivity index (χ4n) is 3.14. The summed E-state index contributed by atoms with van der Waals surface area (Å²) < 4.78 is 0. The van der Waals surface area contributed by atoms with E-state index in [4.69, 9.17) is 5.73 Å². The Bertz CT molecular complexity index is 515. The van der Waals surface area contributed by atoms with E-state index in [0.29, 0.717) is 30.1 Å². The van der Waals surface area contributed by atoms with Gasteiger partial charge < -0.3 is 11.1 Å². The van der Waals surface area contributed by atoms with E-state index in [0.717, 1.165) is 17.8 Å². The molecule has 0 aliphatic carbocycles. The molecule has 0 radical (unpaired) electrons. The zero-order valence-corrected chi connectivity index (χ0v) is 13.5. The first-order valence-electron chi connectivity index (χ1n) is 7.77. The molecule has 1 saturated heterocycles. The minimum absolute atomic E-state index is 0.0337. The SMILES string of the molecule is Cc1ccc(NC(=O)CN2CC(C)CC(C)C2C)cc1N. The Balaban J connectivity index is 1.96. The Morgan fingerprint density at radius 3 is 2.76 bits per heavy atom. The summed E-state index contributed by atoms with van der Waals surface area (Å²) in [5.74, 6) is 1.32. The molecule has 4 heteroatoms. The van der Waals surface area contributed by atoms with Crippen molar-refractivity contribution in [3.05, 3.63) is 23.8 Å². The molecule has 4 nitrogen and oxygen atoms in total. The molecular formula is C17H27N3O. The lowest BCUT2D eigenvalue weighted by Crippen LogP contribution is -2.48. The molecule has 1 aliphatic rings. The van der Waals surface area contributed by atoms with Gasteiger partial charge in [-0.3, -0.25) is 9.69 Å². The highest BCUT2D eigenvalue weighted by molar-refractivity contribution is 5.92. The molecule has 3 atom stereocenters. The maximum Gasteiger partial charge on any atom is 0.238 e. The van der Waals surface area contributed by atoms with E-state index in [2.05, 4.69) is 31.0 Å². The number of nitrogens with zero attached hydrogens (tertiary/aromatic N) is 1. The number of piperidine rings is 1. The molecule has 1 aromatic carbocycles. The van der Waals surface area contributed by atoms with Crippen LogP contribution in [0.3, 0.4) is 0 Å². The summed E-state index contributed by atoms with van der Waals surface area (Å²) in [4.78, 5) is 14.5. The summed E-state index contributed by atoms with van der Waals surface area (Å²) in [6.45, 7) is 10.1. The van der Waals surface area contributed by atoms with Crippen molar-refractivity contribution >= 4 is 17.3 Å². The van der Waals surface area contributed by atoms with E-state index in [1.54, 1.807) is 0 Å². The Morgan fingerprint density at radius 2 is 2.10 bits per heavy atom. The van der Waals surface area contributed by atoms with Gasteiger partial charge >= 0.3 is 0 Å². The van der Waals surface area contributed by atoms with Crippen LogP contribution >= 0.6 is 0 Å². The van der Waals surface area contributed by atoms with Crippen molar-refractivity contribution in [2.24, 2.45) is 11.8 Å². The van der Waals surface area contributed by atoms with Gasteiger partial charge in [0.15, 0.2) is 0 Å². The fourth-order valence-corrected chi connectivity index (χ4v) is 3.14. The highest BCUT2D eigenvalue weighted by Crippen LogP contribution is 2.26. The molecule has 0 saturated carbocycles. The summed E-state index contributed by atoms with van der Waals surface area (Å²) in [6.07, 6.45) is 1.24. The Hall–Kier alpha value is -1.55. The Kier molecular flexibility index (Phi) is 4.88. The summed E-state index contributed by atoms with van der Waals surface area (Å²) >= 11 is 0. The van der Waals surface area contributed by atoms with Crippen LogP contribution in [0.2, 0.25) is 0 Å². The predicted octanol–water partition coefficient (Wildman–Crippen LogP) is 2.88. The molecule has 0 aromatic heterocycles. The van der Waals surface area contributed by atoms with Crippen LogP contribution in [-0.2, 0) is 4.79 Å². The third-order valence-electron chi connectivity index (χ3n) is 4.63. The number of carbonyl (C=O) groups is 1. The van der Waals surface area contributed by atoms with Gasteiger partial charge in [-0.25, -0.2) is 0 Å². The molecule has 1 aliphatic heterocycles. The molecule has 21 heavy (non-hydrogen) atoms. The standard InChI is InChI=1S/C17H27N3O/c1-11-7-13(3)14(4)20(9-11)10-17(21)19-15-6-5-12(2)16(18)8-15/h5-6,8,11,13-14H,7,9-10,18H2,1-4H3,(H,19,21). The van der Waals surface area contributed by atoms with Crippen molar-refractivity contribution in [3.63, 3.8) is 0 Å². The molecule has 1 amide bonds. The van der Waals surface area contributed by atoms with Crippen LogP contribution in [0.1, 0.15) is 32.8 Å². The highest BCUT2D eigenvalue weighted by atomic mass is 16.2. The fraction of sp³-hybridized carbons (Fsp3) is 0.588. The van der Waals surface area contributed by atoms with E-state index in [-0.39, 0.29) is 5.91 Å². The van der Waals surface area contributed by atoms with Gasteiger partial charge in [0, 0.05) is 24.0 Å². The number of amides is 1. The number of anilines is 2. The van der Waals surface area contributed by atoms with E-state index in [1.807, 2.05) is 25.1 Å². The Labute approximate surface area is 127 Å². The third kappa shape index (κ3) is 3.97. The number of carbonyl (C=O) groups excluding carboxylic acids is 1. The predicted molar refractivity (Wildman–Crippen MR) is 88.2 cm³/mol. The number of hydrogen-bond donors (Lipinski definition) is 2. The lowest BCUT2D eigenvalue weighted by atomic mass is 9.86. The average molecular weight is 289 g/mol. The van der Waals surface area contributed by atoms with Crippen LogP contribution in [0, 0.1) is 18.8 Å². The normalized spacial score (nSPS) is 26.6. The quantitative estimate of drug-likeness (QED) is 0.841. The summed E-state index contributed by atoms with van der Waals surface area (Å²) in [7, 11) is 0. The minimum Gasteiger partial charge on any atom is -0.398 e. The first-order chi connectivity index (χ1) is 9.86. The van der Waals surface area contributed by atoms with Gasteiger partial charge in [0.1, 0.15) is 0 Å². The minimum atomic E-state index is 0.0337. The summed E-state index contributed by atoms with van der Waals surface area (Å²) in [5.41, 5.74) is 8.39. The van der Waals surface area contributed by atoms with Gasteiger partial charge in [-0.15, -0.1) is 0 Å². The van der Waals surface area contributed by atoms with Crippen LogP contribution in [-0.4, -0.2) is 29.9 Å². The average Bonchev–Trinajstić information content (AvgIpc) is 2.39. The molecule has 3 unspecified atom stereocenters. The molecule has 1 aromatic rings. The second kappa shape index (κ2) is 6.48. The number of nitrogens with one attached hydrogen (secondary N) is 1. The zero-order valence-electron chi connectivity index (χ0n) is 13.5. The number of nitrogen functional groups attached to an aromatic ring is 1. The second-order valence-corrected chi connectivity index (χ2v) is 6.61. The lowest BCUT2D eigenvalue weighted by molar-refractivity contribution is -0.118. The van der Waals surface area contributed by atoms with E-state index < -0.39 is 0 Å². The first kappa shape index (κ1) is 15.8. The van der Waals surface area contributed by atoms with Crippen molar-refractivity contribution in [2.45, 2.75) is 40.2 Å². The third-order valence-corrected chi connectivity index (χ3v) is 4.63. The van der Waals surface area contributed by atoms with Gasteiger partial charge in [-0.2, -0.15) is 0 Å². The van der Waals surface area contributed by atoms with Gasteiger partial charge in [0.05, 0.1) is 6.54 Å².